The highest BCUT2D eigenvalue weighted by atomic mass is 32.1. The SMILES string of the molecule is CCOC(=O)c1c(NC(=O)CN2C(=O)N[C@@](CC)(c3ccccc3)C2=O)sc(C)c1-c1ccc(C)cc1. The number of thiophene rings is 1. The van der Waals surface area contributed by atoms with E-state index < -0.39 is 35.9 Å². The van der Waals surface area contributed by atoms with E-state index in [1.807, 2.05) is 44.2 Å². The Morgan fingerprint density at radius 3 is 2.32 bits per heavy atom. The predicted octanol–water partition coefficient (Wildman–Crippen LogP) is 5.00. The molecular formula is C28H29N3O5S. The van der Waals surface area contributed by atoms with Crippen molar-refractivity contribution in [3.8, 4) is 11.1 Å². The van der Waals surface area contributed by atoms with E-state index in [2.05, 4.69) is 10.6 Å². The summed E-state index contributed by atoms with van der Waals surface area (Å²) in [6, 6.07) is 16.1. The predicted molar refractivity (Wildman–Crippen MR) is 142 cm³/mol. The van der Waals surface area contributed by atoms with Crippen molar-refractivity contribution in [2.45, 2.75) is 39.7 Å². The molecule has 1 atom stereocenters. The molecule has 0 bridgehead atoms. The molecule has 1 aliphatic rings. The first-order valence-electron chi connectivity index (χ1n) is 12.1. The largest absolute Gasteiger partial charge is 0.462 e. The first-order valence-corrected chi connectivity index (χ1v) is 12.9. The van der Waals surface area contributed by atoms with Crippen LogP contribution in [0, 0.1) is 13.8 Å². The summed E-state index contributed by atoms with van der Waals surface area (Å²) in [6.45, 7) is 7.05. The molecule has 2 N–H and O–H groups in total. The van der Waals surface area contributed by atoms with E-state index in [0.29, 0.717) is 22.5 Å². The number of benzene rings is 2. The van der Waals surface area contributed by atoms with Gasteiger partial charge in [0.25, 0.3) is 5.91 Å². The highest BCUT2D eigenvalue weighted by molar-refractivity contribution is 7.17. The average molecular weight is 520 g/mol. The maximum atomic E-state index is 13.4. The maximum absolute atomic E-state index is 13.4. The Kier molecular flexibility index (Phi) is 7.45. The molecule has 9 heteroatoms. The second kappa shape index (κ2) is 10.6. The van der Waals surface area contributed by atoms with Gasteiger partial charge in [0.15, 0.2) is 0 Å². The Balaban J connectivity index is 1.61. The molecule has 192 valence electrons. The van der Waals surface area contributed by atoms with Crippen LogP contribution in [-0.4, -0.2) is 41.9 Å². The summed E-state index contributed by atoms with van der Waals surface area (Å²) in [5, 5.41) is 5.84. The van der Waals surface area contributed by atoms with Crippen molar-refractivity contribution in [3.63, 3.8) is 0 Å². The lowest BCUT2D eigenvalue weighted by Gasteiger charge is -2.25. The Bertz CT molecular complexity index is 1350. The summed E-state index contributed by atoms with van der Waals surface area (Å²) in [7, 11) is 0. The Morgan fingerprint density at radius 1 is 1.03 bits per heavy atom. The number of urea groups is 1. The van der Waals surface area contributed by atoms with Crippen molar-refractivity contribution in [1.82, 2.24) is 10.2 Å². The van der Waals surface area contributed by atoms with Gasteiger partial charge < -0.3 is 15.4 Å². The molecule has 4 amide bonds. The zero-order valence-electron chi connectivity index (χ0n) is 21.2. The van der Waals surface area contributed by atoms with Gasteiger partial charge in [0.1, 0.15) is 22.6 Å². The minimum Gasteiger partial charge on any atom is -0.462 e. The van der Waals surface area contributed by atoms with Gasteiger partial charge in [-0.3, -0.25) is 14.5 Å². The van der Waals surface area contributed by atoms with Crippen molar-refractivity contribution in [2.24, 2.45) is 0 Å². The number of anilines is 1. The van der Waals surface area contributed by atoms with Crippen molar-refractivity contribution < 1.29 is 23.9 Å². The summed E-state index contributed by atoms with van der Waals surface area (Å²) in [6.07, 6.45) is 0.330. The normalized spacial score (nSPS) is 17.0. The molecule has 1 aromatic heterocycles. The van der Waals surface area contributed by atoms with E-state index in [1.165, 1.54) is 11.3 Å². The summed E-state index contributed by atoms with van der Waals surface area (Å²) in [4.78, 5) is 54.0. The number of ether oxygens (including phenoxy) is 1. The zero-order chi connectivity index (χ0) is 26.7. The number of carbonyl (C=O) groups is 4. The minimum atomic E-state index is -1.23. The number of rotatable bonds is 8. The van der Waals surface area contributed by atoms with Crippen LogP contribution < -0.4 is 10.6 Å². The molecule has 1 fully saturated rings. The maximum Gasteiger partial charge on any atom is 0.341 e. The molecule has 1 aliphatic heterocycles. The topological polar surface area (TPSA) is 105 Å². The molecule has 37 heavy (non-hydrogen) atoms. The quantitative estimate of drug-likeness (QED) is 0.322. The summed E-state index contributed by atoms with van der Waals surface area (Å²) in [5.74, 6) is -1.64. The van der Waals surface area contributed by atoms with Crippen molar-refractivity contribution in [1.29, 1.82) is 0 Å². The lowest BCUT2D eigenvalue weighted by Crippen LogP contribution is -2.44. The van der Waals surface area contributed by atoms with Crippen LogP contribution in [0.5, 0.6) is 0 Å². The van der Waals surface area contributed by atoms with E-state index >= 15 is 0 Å². The van der Waals surface area contributed by atoms with Gasteiger partial charge in [-0.05, 0) is 38.3 Å². The molecule has 0 radical (unpaired) electrons. The third-order valence-electron chi connectivity index (χ3n) is 6.43. The third-order valence-corrected chi connectivity index (χ3v) is 7.45. The molecule has 3 aromatic rings. The van der Waals surface area contributed by atoms with E-state index in [4.69, 9.17) is 4.74 Å². The fraction of sp³-hybridized carbons (Fsp3) is 0.286. The van der Waals surface area contributed by atoms with Gasteiger partial charge in [0, 0.05) is 10.4 Å². The third kappa shape index (κ3) is 4.86. The highest BCUT2D eigenvalue weighted by Crippen LogP contribution is 2.40. The lowest BCUT2D eigenvalue weighted by molar-refractivity contribution is -0.134. The van der Waals surface area contributed by atoms with E-state index in [0.717, 1.165) is 20.9 Å². The number of imide groups is 1. The molecule has 0 unspecified atom stereocenters. The Labute approximate surface area is 219 Å². The van der Waals surface area contributed by atoms with Crippen LogP contribution in [0.4, 0.5) is 9.80 Å². The van der Waals surface area contributed by atoms with Crippen LogP contribution in [0.15, 0.2) is 54.6 Å². The number of nitrogens with one attached hydrogen (secondary N) is 2. The number of nitrogens with zero attached hydrogens (tertiary/aromatic N) is 1. The number of hydrogen-bond donors (Lipinski definition) is 2. The van der Waals surface area contributed by atoms with Crippen molar-refractivity contribution >= 4 is 40.2 Å². The molecule has 0 spiro atoms. The van der Waals surface area contributed by atoms with Crippen LogP contribution in [0.3, 0.4) is 0 Å². The molecule has 1 saturated heterocycles. The lowest BCUT2D eigenvalue weighted by atomic mass is 9.87. The minimum absolute atomic E-state index is 0.176. The molecule has 0 aliphatic carbocycles. The van der Waals surface area contributed by atoms with Gasteiger partial charge in [0.05, 0.1) is 6.61 Å². The number of esters is 1. The molecular weight excluding hydrogens is 490 g/mol. The van der Waals surface area contributed by atoms with Gasteiger partial charge in [0.2, 0.25) is 5.91 Å². The van der Waals surface area contributed by atoms with E-state index in [-0.39, 0.29) is 12.2 Å². The first kappa shape index (κ1) is 26.1. The average Bonchev–Trinajstić information content (AvgIpc) is 3.33. The van der Waals surface area contributed by atoms with Crippen molar-refractivity contribution in [2.75, 3.05) is 18.5 Å². The van der Waals surface area contributed by atoms with Gasteiger partial charge >= 0.3 is 12.0 Å². The molecule has 0 saturated carbocycles. The van der Waals surface area contributed by atoms with Gasteiger partial charge in [-0.15, -0.1) is 11.3 Å². The van der Waals surface area contributed by atoms with Crippen LogP contribution in [0.25, 0.3) is 11.1 Å². The van der Waals surface area contributed by atoms with Crippen LogP contribution >= 0.6 is 11.3 Å². The monoisotopic (exact) mass is 519 g/mol. The van der Waals surface area contributed by atoms with Gasteiger partial charge in [-0.2, -0.15) is 0 Å². The Morgan fingerprint density at radius 2 is 1.70 bits per heavy atom. The highest BCUT2D eigenvalue weighted by Gasteiger charge is 2.51. The first-order chi connectivity index (χ1) is 17.7. The number of carbonyl (C=O) groups excluding carboxylic acids is 4. The standard InChI is InChI=1S/C28H29N3O5S/c1-5-28(20-10-8-7-9-11-20)26(34)31(27(35)30-28)16-21(32)29-24-23(25(33)36-6-2)22(18(4)37-24)19-14-12-17(3)13-15-19/h7-15H,5-6,16H2,1-4H3,(H,29,32)(H,30,35)/t28-/m0/s1. The van der Waals surface area contributed by atoms with Crippen LogP contribution in [0.1, 0.15) is 46.6 Å². The molecule has 4 rings (SSSR count). The molecule has 2 heterocycles. The molecule has 2 aromatic carbocycles. The van der Waals surface area contributed by atoms with Crippen molar-refractivity contribution in [3.05, 3.63) is 76.2 Å². The van der Waals surface area contributed by atoms with Gasteiger partial charge in [-0.25, -0.2) is 9.59 Å². The number of amides is 4. The molecule has 8 nitrogen and oxygen atoms in total. The van der Waals surface area contributed by atoms with Crippen LogP contribution in [0.2, 0.25) is 0 Å². The second-order valence-corrected chi connectivity index (χ2v) is 10.0. The van der Waals surface area contributed by atoms with Gasteiger partial charge in [-0.1, -0.05) is 67.1 Å². The van der Waals surface area contributed by atoms with E-state index in [1.54, 1.807) is 38.1 Å². The van der Waals surface area contributed by atoms with Crippen LogP contribution in [-0.2, 0) is 19.9 Å². The number of hydrogen-bond acceptors (Lipinski definition) is 6. The van der Waals surface area contributed by atoms with E-state index in [9.17, 15) is 19.2 Å². The Hall–Kier alpha value is -3.98. The number of aryl methyl sites for hydroxylation is 2. The summed E-state index contributed by atoms with van der Waals surface area (Å²) in [5.41, 5.74) is 2.27. The zero-order valence-corrected chi connectivity index (χ0v) is 22.0. The smallest absolute Gasteiger partial charge is 0.341 e. The fourth-order valence-corrected chi connectivity index (χ4v) is 5.62. The summed E-state index contributed by atoms with van der Waals surface area (Å²) < 4.78 is 5.30. The fourth-order valence-electron chi connectivity index (χ4n) is 4.54. The summed E-state index contributed by atoms with van der Waals surface area (Å²) >= 11 is 1.25. The second-order valence-electron chi connectivity index (χ2n) is 8.82.